The van der Waals surface area contributed by atoms with Crippen molar-refractivity contribution in [2.75, 3.05) is 43.4 Å². The summed E-state index contributed by atoms with van der Waals surface area (Å²) in [4.78, 5) is 21.4. The van der Waals surface area contributed by atoms with Crippen molar-refractivity contribution in [3.05, 3.63) is 53.7 Å². The maximum absolute atomic E-state index is 12.3. The fourth-order valence-corrected chi connectivity index (χ4v) is 2.78. The first-order chi connectivity index (χ1) is 11.7. The molecule has 126 valence electrons. The van der Waals surface area contributed by atoms with E-state index in [4.69, 9.17) is 0 Å². The summed E-state index contributed by atoms with van der Waals surface area (Å²) in [6, 6.07) is 11.6. The molecule has 1 saturated heterocycles. The Bertz CT molecular complexity index is 674. The summed E-state index contributed by atoms with van der Waals surface area (Å²) in [6.07, 6.45) is 2.70. The van der Waals surface area contributed by atoms with Gasteiger partial charge in [-0.05, 0) is 43.3 Å². The summed E-state index contributed by atoms with van der Waals surface area (Å²) in [5, 5.41) is 2.90. The molecule has 0 bridgehead atoms. The van der Waals surface area contributed by atoms with E-state index in [2.05, 4.69) is 34.1 Å². The first-order valence-electron chi connectivity index (χ1n) is 8.45. The molecule has 2 aromatic rings. The van der Waals surface area contributed by atoms with Crippen LogP contribution >= 0.6 is 0 Å². The van der Waals surface area contributed by atoms with E-state index in [0.29, 0.717) is 5.56 Å². The van der Waals surface area contributed by atoms with E-state index >= 15 is 0 Å². The van der Waals surface area contributed by atoms with Gasteiger partial charge in [0, 0.05) is 31.7 Å². The number of nitrogens with one attached hydrogen (secondary N) is 1. The quantitative estimate of drug-likeness (QED) is 0.939. The summed E-state index contributed by atoms with van der Waals surface area (Å²) in [5.74, 6) is 0.861. The topological polar surface area (TPSA) is 48.5 Å². The average molecular weight is 324 g/mol. The van der Waals surface area contributed by atoms with Crippen molar-refractivity contribution in [1.82, 2.24) is 9.88 Å². The van der Waals surface area contributed by atoms with Crippen LogP contribution in [0.5, 0.6) is 0 Å². The lowest BCUT2D eigenvalue weighted by Gasteiger charge is -2.33. The number of amides is 1. The molecule has 1 aromatic heterocycles. The normalized spacial score (nSPS) is 15.3. The maximum Gasteiger partial charge on any atom is 0.255 e. The lowest BCUT2D eigenvalue weighted by molar-refractivity contribution is 0.102. The van der Waals surface area contributed by atoms with E-state index in [9.17, 15) is 4.79 Å². The molecule has 1 N–H and O–H groups in total. The average Bonchev–Trinajstić information content (AvgIpc) is 2.63. The molecule has 0 aliphatic carbocycles. The second kappa shape index (κ2) is 7.45. The fourth-order valence-electron chi connectivity index (χ4n) is 2.78. The van der Waals surface area contributed by atoms with E-state index in [0.717, 1.165) is 44.1 Å². The zero-order valence-corrected chi connectivity index (χ0v) is 14.3. The number of aryl methyl sites for hydroxylation is 1. The highest BCUT2D eigenvalue weighted by molar-refractivity contribution is 6.04. The highest BCUT2D eigenvalue weighted by atomic mass is 16.1. The zero-order chi connectivity index (χ0) is 16.9. The van der Waals surface area contributed by atoms with Crippen molar-refractivity contribution < 1.29 is 4.79 Å². The highest BCUT2D eigenvalue weighted by Crippen LogP contribution is 2.16. The molecule has 1 aromatic carbocycles. The molecule has 5 heteroatoms. The van der Waals surface area contributed by atoms with Crippen molar-refractivity contribution in [2.24, 2.45) is 0 Å². The monoisotopic (exact) mass is 324 g/mol. The van der Waals surface area contributed by atoms with Gasteiger partial charge in [-0.3, -0.25) is 4.79 Å². The Morgan fingerprint density at radius 2 is 1.79 bits per heavy atom. The molecule has 0 radical (unpaired) electrons. The number of aromatic nitrogens is 1. The third-order valence-electron chi connectivity index (χ3n) is 4.46. The third-order valence-corrected chi connectivity index (χ3v) is 4.46. The first-order valence-corrected chi connectivity index (χ1v) is 8.45. The van der Waals surface area contributed by atoms with Gasteiger partial charge < -0.3 is 15.1 Å². The standard InChI is InChI=1S/C19H24N4O/c1-3-15-4-6-16(7-5-15)19(24)21-17-8-9-18(20-14-17)23-12-10-22(2)11-13-23/h4-9,14H,3,10-13H2,1-2H3,(H,21,24). The molecule has 0 atom stereocenters. The van der Waals surface area contributed by atoms with Crippen molar-refractivity contribution >= 4 is 17.4 Å². The number of pyridine rings is 1. The van der Waals surface area contributed by atoms with Crippen molar-refractivity contribution in [1.29, 1.82) is 0 Å². The summed E-state index contributed by atoms with van der Waals surface area (Å²) in [7, 11) is 2.14. The Morgan fingerprint density at radius 1 is 1.08 bits per heavy atom. The molecule has 24 heavy (non-hydrogen) atoms. The predicted molar refractivity (Wildman–Crippen MR) is 97.7 cm³/mol. The third kappa shape index (κ3) is 3.92. The summed E-state index contributed by atoms with van der Waals surface area (Å²) in [6.45, 7) is 6.17. The van der Waals surface area contributed by atoms with Crippen LogP contribution in [0.4, 0.5) is 11.5 Å². The largest absolute Gasteiger partial charge is 0.354 e. The molecule has 0 spiro atoms. The molecule has 1 fully saturated rings. The Hall–Kier alpha value is -2.40. The van der Waals surface area contributed by atoms with Gasteiger partial charge in [0.1, 0.15) is 5.82 Å². The number of carbonyl (C=O) groups excluding carboxylic acids is 1. The first kappa shape index (κ1) is 16.5. The summed E-state index contributed by atoms with van der Waals surface area (Å²) in [5.41, 5.74) is 2.61. The van der Waals surface area contributed by atoms with Gasteiger partial charge in [-0.1, -0.05) is 19.1 Å². The Balaban J connectivity index is 1.62. The van der Waals surface area contributed by atoms with E-state index < -0.39 is 0 Å². The highest BCUT2D eigenvalue weighted by Gasteiger charge is 2.15. The van der Waals surface area contributed by atoms with Crippen LogP contribution in [0.15, 0.2) is 42.6 Å². The minimum absolute atomic E-state index is 0.105. The van der Waals surface area contributed by atoms with Crippen LogP contribution in [-0.2, 0) is 6.42 Å². The van der Waals surface area contributed by atoms with Gasteiger partial charge in [0.15, 0.2) is 0 Å². The fraction of sp³-hybridized carbons (Fsp3) is 0.368. The number of anilines is 2. The van der Waals surface area contributed by atoms with Crippen molar-refractivity contribution in [2.45, 2.75) is 13.3 Å². The van der Waals surface area contributed by atoms with Crippen LogP contribution in [0.25, 0.3) is 0 Å². The molecular formula is C19H24N4O. The minimum atomic E-state index is -0.105. The number of nitrogens with zero attached hydrogens (tertiary/aromatic N) is 3. The number of piperazine rings is 1. The van der Waals surface area contributed by atoms with Gasteiger partial charge in [-0.2, -0.15) is 0 Å². The van der Waals surface area contributed by atoms with Crippen LogP contribution in [-0.4, -0.2) is 49.0 Å². The number of likely N-dealkylation sites (N-methyl/N-ethyl adjacent to an activating group) is 1. The lowest BCUT2D eigenvalue weighted by atomic mass is 10.1. The van der Waals surface area contributed by atoms with Gasteiger partial charge in [-0.15, -0.1) is 0 Å². The molecule has 1 amide bonds. The minimum Gasteiger partial charge on any atom is -0.354 e. The second-order valence-electron chi connectivity index (χ2n) is 6.20. The molecule has 1 aliphatic heterocycles. The van der Waals surface area contributed by atoms with Gasteiger partial charge in [0.25, 0.3) is 5.91 Å². The van der Waals surface area contributed by atoms with Crippen LogP contribution < -0.4 is 10.2 Å². The smallest absolute Gasteiger partial charge is 0.255 e. The van der Waals surface area contributed by atoms with Gasteiger partial charge in [0.05, 0.1) is 11.9 Å². The van der Waals surface area contributed by atoms with Crippen molar-refractivity contribution in [3.63, 3.8) is 0 Å². The van der Waals surface area contributed by atoms with Crippen LogP contribution in [0.2, 0.25) is 0 Å². The van der Waals surface area contributed by atoms with Crippen molar-refractivity contribution in [3.8, 4) is 0 Å². The predicted octanol–water partition coefficient (Wildman–Crippen LogP) is 2.65. The van der Waals surface area contributed by atoms with E-state index in [1.54, 1.807) is 6.20 Å². The molecule has 0 saturated carbocycles. The van der Waals surface area contributed by atoms with Gasteiger partial charge >= 0.3 is 0 Å². The number of carbonyl (C=O) groups is 1. The molecule has 1 aliphatic rings. The van der Waals surface area contributed by atoms with Crippen LogP contribution in [0.1, 0.15) is 22.8 Å². The Morgan fingerprint density at radius 3 is 2.38 bits per heavy atom. The second-order valence-corrected chi connectivity index (χ2v) is 6.20. The van der Waals surface area contributed by atoms with Gasteiger partial charge in [-0.25, -0.2) is 4.98 Å². The summed E-state index contributed by atoms with van der Waals surface area (Å²) >= 11 is 0. The Kier molecular flexibility index (Phi) is 5.11. The number of rotatable bonds is 4. The van der Waals surface area contributed by atoms with E-state index in [1.165, 1.54) is 5.56 Å². The number of hydrogen-bond donors (Lipinski definition) is 1. The summed E-state index contributed by atoms with van der Waals surface area (Å²) < 4.78 is 0. The van der Waals surface area contributed by atoms with Crippen LogP contribution in [0.3, 0.4) is 0 Å². The van der Waals surface area contributed by atoms with E-state index in [1.807, 2.05) is 36.4 Å². The number of hydrogen-bond acceptors (Lipinski definition) is 4. The molecule has 2 heterocycles. The SMILES string of the molecule is CCc1ccc(C(=O)Nc2ccc(N3CCN(C)CC3)nc2)cc1. The van der Waals surface area contributed by atoms with E-state index in [-0.39, 0.29) is 5.91 Å². The molecule has 3 rings (SSSR count). The number of benzene rings is 1. The molecular weight excluding hydrogens is 300 g/mol. The zero-order valence-electron chi connectivity index (χ0n) is 14.3. The van der Waals surface area contributed by atoms with Gasteiger partial charge in [0.2, 0.25) is 0 Å². The molecule has 5 nitrogen and oxygen atoms in total. The molecule has 0 unspecified atom stereocenters. The lowest BCUT2D eigenvalue weighted by Crippen LogP contribution is -2.44. The van der Waals surface area contributed by atoms with Crippen LogP contribution in [0, 0.1) is 0 Å². The Labute approximate surface area is 143 Å². The maximum atomic E-state index is 12.3.